The standard InChI is InChI=1S/C23H38O8/c1-6-15(25)31-18-17(27)23(30)13(9-14(24)19(23,2)3)21(5,29)12-8-7-11-16(26)22(12,18)10-20(11,4)28/h11-14,16-18,24,26-30H,6-10H2,1-5H3. The summed E-state index contributed by atoms with van der Waals surface area (Å²) >= 11 is 0. The Bertz CT molecular complexity index is 763. The van der Waals surface area contributed by atoms with Crippen LogP contribution in [0.25, 0.3) is 0 Å². The van der Waals surface area contributed by atoms with E-state index < -0.39 is 75.8 Å². The molecule has 0 aromatic carbocycles. The number of hydrogen-bond acceptors (Lipinski definition) is 8. The summed E-state index contributed by atoms with van der Waals surface area (Å²) in [5, 5.41) is 69.1. The Labute approximate surface area is 183 Å². The van der Waals surface area contributed by atoms with Gasteiger partial charge in [-0.2, -0.15) is 0 Å². The topological polar surface area (TPSA) is 148 Å². The molecule has 178 valence electrons. The summed E-state index contributed by atoms with van der Waals surface area (Å²) in [5.74, 6) is -2.68. The molecule has 2 bridgehead atoms. The number of carbonyl (C=O) groups excluding carboxylic acids is 1. The second-order valence-corrected chi connectivity index (χ2v) is 11.6. The van der Waals surface area contributed by atoms with Crippen molar-refractivity contribution < 1.29 is 40.2 Å². The van der Waals surface area contributed by atoms with Crippen LogP contribution in [0.2, 0.25) is 0 Å². The van der Waals surface area contributed by atoms with E-state index in [0.717, 1.165) is 0 Å². The Morgan fingerprint density at radius 2 is 1.58 bits per heavy atom. The molecule has 0 saturated heterocycles. The molecule has 1 spiro atoms. The molecule has 4 aliphatic carbocycles. The van der Waals surface area contributed by atoms with Gasteiger partial charge in [-0.3, -0.25) is 4.79 Å². The summed E-state index contributed by atoms with van der Waals surface area (Å²) in [7, 11) is 0. The van der Waals surface area contributed by atoms with Crippen molar-refractivity contribution in [2.45, 2.75) is 108 Å². The SMILES string of the molecule is CCC(=O)OC1C(O)C2(O)C(CC(O)C2(C)C)C(C)(O)C2CCC3C(O)C12CC3(C)O. The van der Waals surface area contributed by atoms with Crippen LogP contribution < -0.4 is 0 Å². The second kappa shape index (κ2) is 6.64. The van der Waals surface area contributed by atoms with Crippen molar-refractivity contribution in [1.82, 2.24) is 0 Å². The zero-order valence-corrected chi connectivity index (χ0v) is 19.1. The first-order valence-corrected chi connectivity index (χ1v) is 11.5. The summed E-state index contributed by atoms with van der Waals surface area (Å²) in [6.07, 6.45) is -4.13. The number of rotatable bonds is 2. The Kier molecular flexibility index (Phi) is 5.01. The highest BCUT2D eigenvalue weighted by Crippen LogP contribution is 2.70. The van der Waals surface area contributed by atoms with E-state index in [1.807, 2.05) is 0 Å². The van der Waals surface area contributed by atoms with Crippen LogP contribution in [-0.2, 0) is 9.53 Å². The van der Waals surface area contributed by atoms with E-state index in [-0.39, 0.29) is 19.3 Å². The molecule has 31 heavy (non-hydrogen) atoms. The second-order valence-electron chi connectivity index (χ2n) is 11.6. The van der Waals surface area contributed by atoms with Gasteiger partial charge < -0.3 is 35.4 Å². The molecule has 8 heteroatoms. The summed E-state index contributed by atoms with van der Waals surface area (Å²) in [4.78, 5) is 12.5. The maximum absolute atomic E-state index is 12.5. The molecule has 0 aromatic rings. The van der Waals surface area contributed by atoms with Crippen molar-refractivity contribution in [2.24, 2.45) is 28.6 Å². The predicted octanol–water partition coefficient (Wildman–Crippen LogP) is 0.1000. The van der Waals surface area contributed by atoms with E-state index in [1.54, 1.807) is 34.6 Å². The van der Waals surface area contributed by atoms with Crippen LogP contribution in [0.4, 0.5) is 0 Å². The minimum absolute atomic E-state index is 0.0250. The third-order valence-electron chi connectivity index (χ3n) is 9.89. The highest BCUT2D eigenvalue weighted by molar-refractivity contribution is 5.69. The Hall–Kier alpha value is -0.770. The Morgan fingerprint density at radius 3 is 2.16 bits per heavy atom. The largest absolute Gasteiger partial charge is 0.459 e. The average molecular weight is 443 g/mol. The van der Waals surface area contributed by atoms with Gasteiger partial charge in [0.05, 0.1) is 23.4 Å². The third-order valence-corrected chi connectivity index (χ3v) is 9.89. The van der Waals surface area contributed by atoms with Gasteiger partial charge in [-0.1, -0.05) is 20.8 Å². The number of aliphatic hydroxyl groups is 6. The molecule has 4 fully saturated rings. The van der Waals surface area contributed by atoms with E-state index >= 15 is 0 Å². The van der Waals surface area contributed by atoms with Crippen molar-refractivity contribution in [2.75, 3.05) is 0 Å². The number of ether oxygens (including phenoxy) is 1. The first kappa shape index (κ1) is 23.4. The van der Waals surface area contributed by atoms with E-state index in [9.17, 15) is 35.4 Å². The van der Waals surface area contributed by atoms with Crippen molar-refractivity contribution in [3.05, 3.63) is 0 Å². The molecule has 0 aliphatic heterocycles. The van der Waals surface area contributed by atoms with Crippen molar-refractivity contribution in [1.29, 1.82) is 0 Å². The maximum atomic E-state index is 12.5. The first-order chi connectivity index (χ1) is 14.1. The lowest BCUT2D eigenvalue weighted by Crippen LogP contribution is -2.64. The lowest BCUT2D eigenvalue weighted by atomic mass is 9.56. The van der Waals surface area contributed by atoms with E-state index in [1.165, 1.54) is 0 Å². The fourth-order valence-corrected chi connectivity index (χ4v) is 8.14. The molecule has 4 saturated carbocycles. The predicted molar refractivity (Wildman–Crippen MR) is 110 cm³/mol. The number of aliphatic hydroxyl groups excluding tert-OH is 3. The van der Waals surface area contributed by atoms with Gasteiger partial charge >= 0.3 is 5.97 Å². The highest BCUT2D eigenvalue weighted by Gasteiger charge is 2.80. The quantitative estimate of drug-likeness (QED) is 0.330. The summed E-state index contributed by atoms with van der Waals surface area (Å²) in [6.45, 7) is 8.09. The molecule has 0 heterocycles. The van der Waals surface area contributed by atoms with Crippen molar-refractivity contribution >= 4 is 5.97 Å². The molecule has 6 N–H and O–H groups in total. The summed E-state index contributed by atoms with van der Waals surface area (Å²) < 4.78 is 5.77. The zero-order chi connectivity index (χ0) is 23.4. The summed E-state index contributed by atoms with van der Waals surface area (Å²) in [6, 6.07) is 0. The van der Waals surface area contributed by atoms with Crippen LogP contribution in [0.1, 0.15) is 66.7 Å². The molecule has 11 atom stereocenters. The van der Waals surface area contributed by atoms with Gasteiger partial charge in [-0.05, 0) is 45.4 Å². The van der Waals surface area contributed by atoms with Crippen LogP contribution in [0.3, 0.4) is 0 Å². The number of esters is 1. The summed E-state index contributed by atoms with van der Waals surface area (Å²) in [5.41, 5.74) is -7.40. The monoisotopic (exact) mass is 442 g/mol. The third kappa shape index (κ3) is 2.60. The van der Waals surface area contributed by atoms with Crippen LogP contribution in [-0.4, -0.2) is 77.8 Å². The van der Waals surface area contributed by atoms with E-state index in [2.05, 4.69) is 0 Å². The smallest absolute Gasteiger partial charge is 0.305 e. The molecule has 0 aromatic heterocycles. The molecule has 0 radical (unpaired) electrons. The average Bonchev–Trinajstić information content (AvgIpc) is 2.90. The van der Waals surface area contributed by atoms with Gasteiger partial charge in [0.1, 0.15) is 17.8 Å². The zero-order valence-electron chi connectivity index (χ0n) is 19.1. The Balaban J connectivity index is 1.99. The van der Waals surface area contributed by atoms with Gasteiger partial charge in [-0.15, -0.1) is 0 Å². The van der Waals surface area contributed by atoms with E-state index in [4.69, 9.17) is 4.74 Å². The van der Waals surface area contributed by atoms with Gasteiger partial charge in [0.2, 0.25) is 0 Å². The van der Waals surface area contributed by atoms with Gasteiger partial charge in [-0.25, -0.2) is 0 Å². The maximum Gasteiger partial charge on any atom is 0.305 e. The lowest BCUT2D eigenvalue weighted by molar-refractivity contribution is -0.231. The number of hydrogen-bond donors (Lipinski definition) is 6. The van der Waals surface area contributed by atoms with Gasteiger partial charge in [0.15, 0.2) is 0 Å². The highest BCUT2D eigenvalue weighted by atomic mass is 16.6. The number of fused-ring (bicyclic) bond motifs is 2. The molecule has 8 nitrogen and oxygen atoms in total. The molecule has 0 amide bonds. The molecular formula is C23H38O8. The lowest BCUT2D eigenvalue weighted by Gasteiger charge is -2.52. The van der Waals surface area contributed by atoms with Crippen LogP contribution in [0.15, 0.2) is 0 Å². The minimum Gasteiger partial charge on any atom is -0.459 e. The first-order valence-electron chi connectivity index (χ1n) is 11.5. The van der Waals surface area contributed by atoms with Crippen molar-refractivity contribution in [3.8, 4) is 0 Å². The van der Waals surface area contributed by atoms with E-state index in [0.29, 0.717) is 12.8 Å². The van der Waals surface area contributed by atoms with Crippen LogP contribution in [0.5, 0.6) is 0 Å². The van der Waals surface area contributed by atoms with Crippen molar-refractivity contribution in [3.63, 3.8) is 0 Å². The minimum atomic E-state index is -1.98. The van der Waals surface area contributed by atoms with Crippen LogP contribution >= 0.6 is 0 Å². The normalized spacial score (nSPS) is 57.7. The fourth-order valence-electron chi connectivity index (χ4n) is 8.14. The molecule has 4 rings (SSSR count). The van der Waals surface area contributed by atoms with Gasteiger partial charge in [0, 0.05) is 29.1 Å². The number of carbonyl (C=O) groups is 1. The van der Waals surface area contributed by atoms with Gasteiger partial charge in [0.25, 0.3) is 0 Å². The fraction of sp³-hybridized carbons (Fsp3) is 0.957. The molecule has 11 unspecified atom stereocenters. The Morgan fingerprint density at radius 1 is 0.968 bits per heavy atom. The molecule has 4 aliphatic rings. The molecular weight excluding hydrogens is 404 g/mol. The van der Waals surface area contributed by atoms with Crippen LogP contribution in [0, 0.1) is 28.6 Å².